The third kappa shape index (κ3) is 6.46. The molecule has 0 saturated carbocycles. The number of nitrogens with zero attached hydrogens (tertiary/aromatic N) is 1. The van der Waals surface area contributed by atoms with Crippen LogP contribution in [0.5, 0.6) is 0 Å². The minimum Gasteiger partial charge on any atom is -0.440 e. The predicted octanol–water partition coefficient (Wildman–Crippen LogP) is 5.20. The van der Waals surface area contributed by atoms with Gasteiger partial charge in [-0.25, -0.2) is 4.79 Å². The van der Waals surface area contributed by atoms with Crippen molar-refractivity contribution in [3.05, 3.63) is 35.4 Å². The van der Waals surface area contributed by atoms with Gasteiger partial charge in [-0.15, -0.1) is 0 Å². The molecular weight excluding hydrogens is 413 g/mol. The zero-order valence-electron chi connectivity index (χ0n) is 18.6. The Morgan fingerprint density at radius 1 is 1.30 bits per heavy atom. The standard InChI is InChI=1S/C21H33F3N2O3Si/c1-20(2,3)30(5,6)29-17-10-11-26(13-17)14-18(28-19(27)25-4)15-8-7-9-16(12-15)21(22,23)24/h7-9,12,17-18H,10-11,13-14H2,1-6H3,(H,25,27)/t17?,18-/m1/s1. The van der Waals surface area contributed by atoms with E-state index in [1.54, 1.807) is 6.07 Å². The van der Waals surface area contributed by atoms with Gasteiger partial charge in [0, 0.05) is 26.7 Å². The van der Waals surface area contributed by atoms with E-state index in [2.05, 4.69) is 44.1 Å². The predicted molar refractivity (Wildman–Crippen MR) is 113 cm³/mol. The molecule has 1 aliphatic rings. The minimum atomic E-state index is -4.46. The minimum absolute atomic E-state index is 0.0769. The summed E-state index contributed by atoms with van der Waals surface area (Å²) in [6.07, 6.45) is -5.01. The second-order valence-corrected chi connectivity index (χ2v) is 14.1. The largest absolute Gasteiger partial charge is 0.440 e. The van der Waals surface area contributed by atoms with Gasteiger partial charge in [0.25, 0.3) is 0 Å². The number of carbonyl (C=O) groups is 1. The van der Waals surface area contributed by atoms with Crippen LogP contribution in [0.2, 0.25) is 18.1 Å². The Labute approximate surface area is 178 Å². The van der Waals surface area contributed by atoms with Crippen LogP contribution in [0.15, 0.2) is 24.3 Å². The number of likely N-dealkylation sites (tertiary alicyclic amines) is 1. The van der Waals surface area contributed by atoms with Gasteiger partial charge in [-0.3, -0.25) is 4.90 Å². The van der Waals surface area contributed by atoms with E-state index in [-0.39, 0.29) is 11.1 Å². The van der Waals surface area contributed by atoms with Gasteiger partial charge in [0.2, 0.25) is 0 Å². The topological polar surface area (TPSA) is 50.8 Å². The summed E-state index contributed by atoms with van der Waals surface area (Å²) in [5, 5.41) is 2.47. The summed E-state index contributed by atoms with van der Waals surface area (Å²) < 4.78 is 51.3. The van der Waals surface area contributed by atoms with E-state index < -0.39 is 32.3 Å². The average molecular weight is 447 g/mol. The van der Waals surface area contributed by atoms with Crippen LogP contribution in [0.4, 0.5) is 18.0 Å². The molecule has 0 spiro atoms. The molecule has 2 rings (SSSR count). The third-order valence-corrected chi connectivity index (χ3v) is 10.5. The molecule has 0 bridgehead atoms. The van der Waals surface area contributed by atoms with Gasteiger partial charge in [0.15, 0.2) is 8.32 Å². The first kappa shape index (κ1) is 24.7. The first-order valence-corrected chi connectivity index (χ1v) is 13.1. The molecule has 1 aliphatic heterocycles. The van der Waals surface area contributed by atoms with Crippen LogP contribution in [-0.4, -0.2) is 52.1 Å². The van der Waals surface area contributed by atoms with Crippen molar-refractivity contribution in [3.63, 3.8) is 0 Å². The number of carbonyl (C=O) groups excluding carboxylic acids is 1. The molecule has 170 valence electrons. The van der Waals surface area contributed by atoms with Crippen molar-refractivity contribution in [3.8, 4) is 0 Å². The lowest BCUT2D eigenvalue weighted by molar-refractivity contribution is -0.137. The molecule has 1 aromatic rings. The van der Waals surface area contributed by atoms with E-state index >= 15 is 0 Å². The molecule has 0 aliphatic carbocycles. The SMILES string of the molecule is CNC(=O)O[C@H](CN1CCC(O[Si](C)(C)C(C)(C)C)C1)c1cccc(C(F)(F)F)c1. The highest BCUT2D eigenvalue weighted by molar-refractivity contribution is 6.74. The van der Waals surface area contributed by atoms with Crippen molar-refractivity contribution in [1.82, 2.24) is 10.2 Å². The normalized spacial score (nSPS) is 19.6. The zero-order chi connectivity index (χ0) is 22.7. The highest BCUT2D eigenvalue weighted by Gasteiger charge is 2.41. The van der Waals surface area contributed by atoms with Crippen molar-refractivity contribution < 1.29 is 27.1 Å². The van der Waals surface area contributed by atoms with Crippen LogP contribution in [0.25, 0.3) is 0 Å². The molecule has 1 aromatic carbocycles. The monoisotopic (exact) mass is 446 g/mol. The maximum atomic E-state index is 13.1. The van der Waals surface area contributed by atoms with Crippen molar-refractivity contribution in [2.45, 2.75) is 63.7 Å². The fraction of sp³-hybridized carbons (Fsp3) is 0.667. The molecule has 1 heterocycles. The summed E-state index contributed by atoms with van der Waals surface area (Å²) in [5.41, 5.74) is -0.437. The van der Waals surface area contributed by atoms with Crippen LogP contribution in [0, 0.1) is 0 Å². The fourth-order valence-corrected chi connectivity index (χ4v) is 4.58. The Balaban J connectivity index is 2.12. The lowest BCUT2D eigenvalue weighted by atomic mass is 10.1. The van der Waals surface area contributed by atoms with Crippen LogP contribution in [-0.2, 0) is 15.3 Å². The average Bonchev–Trinajstić information content (AvgIpc) is 3.05. The first-order chi connectivity index (χ1) is 13.7. The van der Waals surface area contributed by atoms with E-state index in [0.29, 0.717) is 18.7 Å². The highest BCUT2D eigenvalue weighted by Crippen LogP contribution is 2.38. The number of alkyl carbamates (subject to hydrolysis) is 1. The molecule has 2 atom stereocenters. The Morgan fingerprint density at radius 3 is 2.53 bits per heavy atom. The van der Waals surface area contributed by atoms with E-state index in [1.165, 1.54) is 13.1 Å². The number of ether oxygens (including phenoxy) is 1. The molecule has 30 heavy (non-hydrogen) atoms. The lowest BCUT2D eigenvalue weighted by Gasteiger charge is -2.38. The van der Waals surface area contributed by atoms with Crippen molar-refractivity contribution in [2.24, 2.45) is 0 Å². The molecule has 1 unspecified atom stereocenters. The number of amides is 1. The molecule has 0 radical (unpaired) electrons. The van der Waals surface area contributed by atoms with E-state index in [1.807, 2.05) is 0 Å². The maximum absolute atomic E-state index is 13.1. The molecule has 1 amide bonds. The van der Waals surface area contributed by atoms with Crippen LogP contribution < -0.4 is 5.32 Å². The molecule has 5 nitrogen and oxygen atoms in total. The van der Waals surface area contributed by atoms with Gasteiger partial charge in [-0.2, -0.15) is 13.2 Å². The molecule has 0 aromatic heterocycles. The summed E-state index contributed by atoms with van der Waals surface area (Å²) in [6, 6.07) is 4.96. The number of hydrogen-bond donors (Lipinski definition) is 1. The van der Waals surface area contributed by atoms with Crippen molar-refractivity contribution in [2.75, 3.05) is 26.7 Å². The summed E-state index contributed by atoms with van der Waals surface area (Å²) in [5.74, 6) is 0. The maximum Gasteiger partial charge on any atom is 0.416 e. The van der Waals surface area contributed by atoms with Crippen molar-refractivity contribution >= 4 is 14.4 Å². The summed E-state index contributed by atoms with van der Waals surface area (Å²) in [6.45, 7) is 12.7. The quantitative estimate of drug-likeness (QED) is 0.611. The number of benzene rings is 1. The Morgan fingerprint density at radius 2 is 1.97 bits per heavy atom. The van der Waals surface area contributed by atoms with Crippen LogP contribution >= 0.6 is 0 Å². The zero-order valence-corrected chi connectivity index (χ0v) is 19.6. The number of alkyl halides is 3. The number of halogens is 3. The van der Waals surface area contributed by atoms with Gasteiger partial charge in [0.1, 0.15) is 6.10 Å². The van der Waals surface area contributed by atoms with Gasteiger partial charge in [0.05, 0.1) is 11.7 Å². The van der Waals surface area contributed by atoms with Gasteiger partial charge in [-0.1, -0.05) is 32.9 Å². The van der Waals surface area contributed by atoms with Crippen molar-refractivity contribution in [1.29, 1.82) is 0 Å². The molecule has 1 fully saturated rings. The van der Waals surface area contributed by atoms with Crippen LogP contribution in [0.3, 0.4) is 0 Å². The Hall–Kier alpha value is -1.58. The third-order valence-electron chi connectivity index (χ3n) is 5.96. The first-order valence-electron chi connectivity index (χ1n) is 10.2. The summed E-state index contributed by atoms with van der Waals surface area (Å²) >= 11 is 0. The van der Waals surface area contributed by atoms with E-state index in [0.717, 1.165) is 25.1 Å². The van der Waals surface area contributed by atoms with E-state index in [4.69, 9.17) is 9.16 Å². The lowest BCUT2D eigenvalue weighted by Crippen LogP contribution is -2.44. The molecule has 1 N–H and O–H groups in total. The Kier molecular flexibility index (Phi) is 7.63. The highest BCUT2D eigenvalue weighted by atomic mass is 28.4. The van der Waals surface area contributed by atoms with Gasteiger partial charge < -0.3 is 14.5 Å². The smallest absolute Gasteiger partial charge is 0.416 e. The molecule has 1 saturated heterocycles. The van der Waals surface area contributed by atoms with Gasteiger partial charge >= 0.3 is 12.3 Å². The summed E-state index contributed by atoms with van der Waals surface area (Å²) in [4.78, 5) is 13.9. The number of nitrogens with one attached hydrogen (secondary N) is 1. The number of rotatable bonds is 6. The van der Waals surface area contributed by atoms with Crippen LogP contribution in [0.1, 0.15) is 44.4 Å². The fourth-order valence-electron chi connectivity index (χ4n) is 3.20. The second kappa shape index (κ2) is 9.28. The summed E-state index contributed by atoms with van der Waals surface area (Å²) in [7, 11) is -0.490. The second-order valence-electron chi connectivity index (χ2n) is 9.32. The van der Waals surface area contributed by atoms with E-state index in [9.17, 15) is 18.0 Å². The number of hydrogen-bond acceptors (Lipinski definition) is 4. The molecule has 9 heteroatoms. The Bertz CT molecular complexity index is 735. The van der Waals surface area contributed by atoms with Gasteiger partial charge in [-0.05, 0) is 42.2 Å². The molecular formula is C21H33F3N2O3Si.